The number of nitro benzene ring substituents is 1. The predicted octanol–water partition coefficient (Wildman–Crippen LogP) is 6.12. The molecule has 0 aliphatic rings. The highest BCUT2D eigenvalue weighted by atomic mass is 16.6. The Balaban J connectivity index is 1.66. The van der Waals surface area contributed by atoms with Crippen molar-refractivity contribution >= 4 is 11.7 Å². The Morgan fingerprint density at radius 3 is 2.39 bits per heavy atom. The third-order valence-corrected chi connectivity index (χ3v) is 6.55. The first-order valence-corrected chi connectivity index (χ1v) is 12.9. The lowest BCUT2D eigenvalue weighted by Gasteiger charge is -2.19. The second-order valence-corrected chi connectivity index (χ2v) is 9.60. The molecule has 0 aliphatic heterocycles. The third-order valence-electron chi connectivity index (χ3n) is 6.55. The minimum Gasteiger partial charge on any atom is -0.488 e. The molecule has 0 unspecified atom stereocenters. The van der Waals surface area contributed by atoms with Crippen LogP contribution in [0, 0.1) is 28.4 Å². The highest BCUT2D eigenvalue weighted by Crippen LogP contribution is 2.37. The van der Waals surface area contributed by atoms with Gasteiger partial charge < -0.3 is 14.6 Å². The van der Waals surface area contributed by atoms with Crippen molar-refractivity contribution in [2.45, 2.75) is 26.7 Å². The molecule has 0 atom stereocenters. The number of carbonyl (C=O) groups is 1. The van der Waals surface area contributed by atoms with Crippen LogP contribution < -0.4 is 9.47 Å². The van der Waals surface area contributed by atoms with Gasteiger partial charge in [0.2, 0.25) is 5.75 Å². The number of nitriles is 1. The van der Waals surface area contributed by atoms with E-state index in [0.717, 1.165) is 27.8 Å². The van der Waals surface area contributed by atoms with E-state index in [1.54, 1.807) is 25.2 Å². The maximum absolute atomic E-state index is 12.1. The largest absolute Gasteiger partial charge is 0.488 e. The summed E-state index contributed by atoms with van der Waals surface area (Å²) in [6, 6.07) is 27.7. The summed E-state index contributed by atoms with van der Waals surface area (Å²) < 4.78 is 12.1. The van der Waals surface area contributed by atoms with Crippen molar-refractivity contribution in [2.75, 3.05) is 13.6 Å². The number of hydrogen-bond acceptors (Lipinski definition) is 7. The van der Waals surface area contributed by atoms with E-state index in [1.807, 2.05) is 61.5 Å². The average molecular weight is 552 g/mol. The summed E-state index contributed by atoms with van der Waals surface area (Å²) in [5.41, 5.74) is 5.39. The monoisotopic (exact) mass is 551 g/mol. The number of nitro groups is 1. The second-order valence-electron chi connectivity index (χ2n) is 9.60. The number of hydrogen-bond donors (Lipinski definition) is 1. The van der Waals surface area contributed by atoms with Gasteiger partial charge in [-0.05, 0) is 53.9 Å². The minimum absolute atomic E-state index is 0.0323. The van der Waals surface area contributed by atoms with Gasteiger partial charge >= 0.3 is 11.7 Å². The first-order valence-electron chi connectivity index (χ1n) is 12.9. The molecule has 1 N–H and O–H groups in total. The number of benzene rings is 4. The molecular formula is C32H29N3O6. The highest BCUT2D eigenvalue weighted by molar-refractivity contribution is 5.69. The number of rotatable bonds is 12. The maximum Gasteiger partial charge on any atom is 0.317 e. The smallest absolute Gasteiger partial charge is 0.317 e. The first kappa shape index (κ1) is 28.8. The first-order chi connectivity index (χ1) is 19.7. The van der Waals surface area contributed by atoms with Crippen LogP contribution in [0.5, 0.6) is 11.5 Å². The molecule has 41 heavy (non-hydrogen) atoms. The molecule has 4 aromatic carbocycles. The zero-order valence-electron chi connectivity index (χ0n) is 22.7. The Morgan fingerprint density at radius 1 is 0.951 bits per heavy atom. The standard InChI is InChI=1S/C32H29N3O6/c1-22-26(12-7-13-28(22)25-10-4-3-5-11-25)21-41-31-16-30(40-20-24-9-6-8-23(14-24)17-33)27(15-29(31)35(38)39)18-34(2)19-32(36)37/h3-16H,18-21H2,1-2H3,(H,36,37). The lowest BCUT2D eigenvalue weighted by atomic mass is 9.97. The Bertz CT molecular complexity index is 1600. The van der Waals surface area contributed by atoms with E-state index in [4.69, 9.17) is 9.47 Å². The van der Waals surface area contributed by atoms with E-state index < -0.39 is 10.9 Å². The molecule has 4 rings (SSSR count). The number of carboxylic acid groups (broad SMARTS) is 1. The van der Waals surface area contributed by atoms with Crippen molar-refractivity contribution in [3.05, 3.63) is 123 Å². The normalized spacial score (nSPS) is 10.7. The third kappa shape index (κ3) is 7.47. The molecule has 0 saturated carbocycles. The molecule has 9 heteroatoms. The van der Waals surface area contributed by atoms with Crippen molar-refractivity contribution in [1.82, 2.24) is 4.90 Å². The predicted molar refractivity (Wildman–Crippen MR) is 154 cm³/mol. The van der Waals surface area contributed by atoms with Gasteiger partial charge in [0, 0.05) is 24.2 Å². The Labute approximate surface area is 238 Å². The van der Waals surface area contributed by atoms with E-state index in [0.29, 0.717) is 16.9 Å². The highest BCUT2D eigenvalue weighted by Gasteiger charge is 2.22. The second kappa shape index (κ2) is 13.2. The molecule has 9 nitrogen and oxygen atoms in total. The van der Waals surface area contributed by atoms with Gasteiger partial charge in [-0.15, -0.1) is 0 Å². The Kier molecular flexibility index (Phi) is 9.30. The molecule has 0 fully saturated rings. The number of aliphatic carboxylic acids is 1. The maximum atomic E-state index is 12.1. The van der Waals surface area contributed by atoms with E-state index in [9.17, 15) is 25.3 Å². The van der Waals surface area contributed by atoms with Crippen molar-refractivity contribution in [3.8, 4) is 28.7 Å². The van der Waals surface area contributed by atoms with E-state index in [1.165, 1.54) is 17.0 Å². The fourth-order valence-corrected chi connectivity index (χ4v) is 4.50. The summed E-state index contributed by atoms with van der Waals surface area (Å²) in [7, 11) is 1.60. The fraction of sp³-hybridized carbons (Fsp3) is 0.188. The van der Waals surface area contributed by atoms with Crippen molar-refractivity contribution < 1.29 is 24.3 Å². The van der Waals surface area contributed by atoms with Crippen LogP contribution in [0.4, 0.5) is 5.69 Å². The summed E-state index contributed by atoms with van der Waals surface area (Å²) >= 11 is 0. The topological polar surface area (TPSA) is 126 Å². The van der Waals surface area contributed by atoms with Gasteiger partial charge in [0.1, 0.15) is 19.0 Å². The SMILES string of the molecule is Cc1c(COc2cc(OCc3cccc(C#N)c3)c(CN(C)CC(=O)O)cc2[N+](=O)[O-])cccc1-c1ccccc1. The van der Waals surface area contributed by atoms with Gasteiger partial charge in [0.15, 0.2) is 0 Å². The summed E-state index contributed by atoms with van der Waals surface area (Å²) in [6.45, 7) is 2.02. The number of likely N-dealkylation sites (N-methyl/N-ethyl adjacent to an activating group) is 1. The summed E-state index contributed by atoms with van der Waals surface area (Å²) in [6.07, 6.45) is 0. The molecule has 0 heterocycles. The van der Waals surface area contributed by atoms with Crippen LogP contribution in [0.25, 0.3) is 11.1 Å². The quantitative estimate of drug-likeness (QED) is 0.165. The van der Waals surface area contributed by atoms with E-state index in [-0.39, 0.29) is 37.7 Å². The number of carboxylic acids is 1. The average Bonchev–Trinajstić information content (AvgIpc) is 2.96. The van der Waals surface area contributed by atoms with Gasteiger partial charge in [-0.1, -0.05) is 60.7 Å². The van der Waals surface area contributed by atoms with Crippen molar-refractivity contribution in [1.29, 1.82) is 5.26 Å². The zero-order valence-corrected chi connectivity index (χ0v) is 22.7. The van der Waals surface area contributed by atoms with Crippen LogP contribution in [0.2, 0.25) is 0 Å². The molecule has 0 aromatic heterocycles. The van der Waals surface area contributed by atoms with Crippen molar-refractivity contribution in [3.63, 3.8) is 0 Å². The zero-order chi connectivity index (χ0) is 29.4. The van der Waals surface area contributed by atoms with E-state index >= 15 is 0 Å². The van der Waals surface area contributed by atoms with Crippen LogP contribution >= 0.6 is 0 Å². The van der Waals surface area contributed by atoms with Crippen LogP contribution in [0.15, 0.2) is 84.9 Å². The molecule has 208 valence electrons. The number of ether oxygens (including phenoxy) is 2. The van der Waals surface area contributed by atoms with Crippen molar-refractivity contribution in [2.24, 2.45) is 0 Å². The molecule has 0 aliphatic carbocycles. The minimum atomic E-state index is -1.02. The molecule has 0 saturated heterocycles. The van der Waals surface area contributed by atoms with Crippen LogP contribution in [0.3, 0.4) is 0 Å². The van der Waals surface area contributed by atoms with Gasteiger partial charge in [0.25, 0.3) is 0 Å². The van der Waals surface area contributed by atoms with Gasteiger partial charge in [0.05, 0.1) is 23.1 Å². The van der Waals surface area contributed by atoms with Gasteiger partial charge in [-0.2, -0.15) is 5.26 Å². The van der Waals surface area contributed by atoms with Crippen LogP contribution in [-0.4, -0.2) is 34.5 Å². The van der Waals surface area contributed by atoms with Gasteiger partial charge in [-0.25, -0.2) is 0 Å². The lowest BCUT2D eigenvalue weighted by molar-refractivity contribution is -0.386. The van der Waals surface area contributed by atoms with Crippen LogP contribution in [0.1, 0.15) is 27.8 Å². The Morgan fingerprint density at radius 2 is 1.68 bits per heavy atom. The summed E-state index contributed by atoms with van der Waals surface area (Å²) in [5, 5.41) is 30.5. The number of nitrogens with zero attached hydrogens (tertiary/aromatic N) is 3. The molecular weight excluding hydrogens is 522 g/mol. The molecule has 0 bridgehead atoms. The van der Waals surface area contributed by atoms with E-state index in [2.05, 4.69) is 6.07 Å². The Hall–Kier alpha value is -5.20. The fourth-order valence-electron chi connectivity index (χ4n) is 4.50. The summed E-state index contributed by atoms with van der Waals surface area (Å²) in [5.74, 6) is -0.671. The molecule has 0 amide bonds. The molecule has 0 spiro atoms. The van der Waals surface area contributed by atoms with Crippen LogP contribution in [-0.2, 0) is 24.6 Å². The lowest BCUT2D eigenvalue weighted by Crippen LogP contribution is -2.25. The van der Waals surface area contributed by atoms with Gasteiger partial charge in [-0.3, -0.25) is 19.8 Å². The molecule has 4 aromatic rings. The summed E-state index contributed by atoms with van der Waals surface area (Å²) in [4.78, 5) is 24.3. The molecule has 0 radical (unpaired) electrons.